The van der Waals surface area contributed by atoms with Gasteiger partial charge in [-0.2, -0.15) is 0 Å². The third kappa shape index (κ3) is 4.79. The number of benzene rings is 2. The highest BCUT2D eigenvalue weighted by Gasteiger charge is 2.16. The van der Waals surface area contributed by atoms with E-state index in [1.165, 1.54) is 11.8 Å². The Labute approximate surface area is 177 Å². The van der Waals surface area contributed by atoms with Crippen LogP contribution in [0.5, 0.6) is 5.75 Å². The summed E-state index contributed by atoms with van der Waals surface area (Å²) in [6, 6.07) is 12.5. The van der Waals surface area contributed by atoms with Gasteiger partial charge in [0.05, 0.1) is 24.6 Å². The van der Waals surface area contributed by atoms with E-state index in [0.717, 1.165) is 11.3 Å². The molecule has 1 heterocycles. The zero-order valence-electron chi connectivity index (χ0n) is 15.2. The van der Waals surface area contributed by atoms with Gasteiger partial charge in [0.1, 0.15) is 12.1 Å². The number of methoxy groups -OCH3 is 1. The van der Waals surface area contributed by atoms with Crippen LogP contribution in [0, 0.1) is 0 Å². The molecule has 9 heteroatoms. The molecule has 0 radical (unpaired) electrons. The Morgan fingerprint density at radius 3 is 2.82 bits per heavy atom. The summed E-state index contributed by atoms with van der Waals surface area (Å²) in [6.45, 7) is 1.87. The van der Waals surface area contributed by atoms with E-state index in [9.17, 15) is 4.79 Å². The Kier molecular flexibility index (Phi) is 6.83. The number of para-hydroxylation sites is 2. The number of nitrogens with one attached hydrogen (secondary N) is 1. The molecule has 146 valence electrons. The van der Waals surface area contributed by atoms with Gasteiger partial charge in [0.25, 0.3) is 0 Å². The van der Waals surface area contributed by atoms with Crippen molar-refractivity contribution >= 4 is 40.9 Å². The molecular weight excluding hydrogens is 419 g/mol. The van der Waals surface area contributed by atoms with Crippen LogP contribution in [0.15, 0.2) is 53.9 Å². The van der Waals surface area contributed by atoms with E-state index in [1.807, 2.05) is 31.2 Å². The number of thioether (sulfide) groups is 1. The number of hydrogen-bond donors (Lipinski definition) is 1. The second-order valence-electron chi connectivity index (χ2n) is 5.90. The summed E-state index contributed by atoms with van der Waals surface area (Å²) in [5, 5.41) is 12.7. The molecule has 3 rings (SSSR count). The molecule has 28 heavy (non-hydrogen) atoms. The van der Waals surface area contributed by atoms with Crippen LogP contribution in [0.2, 0.25) is 10.0 Å². The number of rotatable bonds is 7. The lowest BCUT2D eigenvalue weighted by Gasteiger charge is -2.16. The molecule has 1 atom stereocenters. The van der Waals surface area contributed by atoms with Crippen molar-refractivity contribution in [2.45, 2.75) is 18.1 Å². The van der Waals surface area contributed by atoms with Crippen LogP contribution in [0.3, 0.4) is 0 Å². The molecule has 0 unspecified atom stereocenters. The molecule has 0 saturated carbocycles. The maximum Gasteiger partial charge on any atom is 0.230 e. The summed E-state index contributed by atoms with van der Waals surface area (Å²) in [4.78, 5) is 12.4. The first kappa shape index (κ1) is 20.5. The molecule has 6 nitrogen and oxygen atoms in total. The molecule has 0 bridgehead atoms. The quantitative estimate of drug-likeness (QED) is 0.550. The average Bonchev–Trinajstić information content (AvgIpc) is 3.14. The minimum absolute atomic E-state index is 0.141. The van der Waals surface area contributed by atoms with Crippen molar-refractivity contribution in [2.75, 3.05) is 12.9 Å². The first-order valence-electron chi connectivity index (χ1n) is 8.40. The number of carbonyl (C=O) groups is 1. The highest BCUT2D eigenvalue weighted by Crippen LogP contribution is 2.28. The zero-order chi connectivity index (χ0) is 20.1. The number of carbonyl (C=O) groups excluding carboxylic acids is 1. The van der Waals surface area contributed by atoms with Gasteiger partial charge in [-0.05, 0) is 36.8 Å². The van der Waals surface area contributed by atoms with Gasteiger partial charge in [0.15, 0.2) is 5.16 Å². The maximum absolute atomic E-state index is 12.4. The predicted molar refractivity (Wildman–Crippen MR) is 112 cm³/mol. The number of hydrogen-bond acceptors (Lipinski definition) is 5. The molecular formula is C19H18Cl2N4O2S. The van der Waals surface area contributed by atoms with Crippen LogP contribution in [-0.2, 0) is 4.79 Å². The number of nitrogens with zero attached hydrogens (tertiary/aromatic N) is 3. The minimum atomic E-state index is -0.245. The Balaban J connectivity index is 1.65. The third-order valence-corrected chi connectivity index (χ3v) is 5.51. The molecule has 0 aliphatic rings. The van der Waals surface area contributed by atoms with E-state index in [-0.39, 0.29) is 17.7 Å². The van der Waals surface area contributed by atoms with Crippen molar-refractivity contribution in [1.82, 2.24) is 20.1 Å². The summed E-state index contributed by atoms with van der Waals surface area (Å²) < 4.78 is 7.17. The van der Waals surface area contributed by atoms with Gasteiger partial charge in [0.2, 0.25) is 5.91 Å². The second-order valence-corrected chi connectivity index (χ2v) is 7.69. The largest absolute Gasteiger partial charge is 0.495 e. The van der Waals surface area contributed by atoms with Gasteiger partial charge in [-0.1, -0.05) is 53.2 Å². The molecule has 1 N–H and O–H groups in total. The zero-order valence-corrected chi connectivity index (χ0v) is 17.6. The third-order valence-electron chi connectivity index (χ3n) is 4.00. The summed E-state index contributed by atoms with van der Waals surface area (Å²) >= 11 is 13.4. The molecule has 3 aromatic rings. The molecule has 0 aliphatic heterocycles. The fraction of sp³-hybridized carbons (Fsp3) is 0.211. The van der Waals surface area contributed by atoms with Gasteiger partial charge in [-0.25, -0.2) is 0 Å². The predicted octanol–water partition coefficient (Wildman–Crippen LogP) is 4.55. The van der Waals surface area contributed by atoms with Gasteiger partial charge < -0.3 is 10.1 Å². The fourth-order valence-electron chi connectivity index (χ4n) is 2.66. The van der Waals surface area contributed by atoms with E-state index >= 15 is 0 Å². The number of aromatic nitrogens is 3. The van der Waals surface area contributed by atoms with Crippen molar-refractivity contribution in [2.24, 2.45) is 0 Å². The molecule has 0 aliphatic carbocycles. The van der Waals surface area contributed by atoms with E-state index in [4.69, 9.17) is 27.9 Å². The lowest BCUT2D eigenvalue weighted by Crippen LogP contribution is -2.28. The van der Waals surface area contributed by atoms with Gasteiger partial charge in [-0.3, -0.25) is 9.36 Å². The summed E-state index contributed by atoms with van der Waals surface area (Å²) in [5.74, 6) is 0.737. The van der Waals surface area contributed by atoms with Crippen molar-refractivity contribution in [3.8, 4) is 11.4 Å². The van der Waals surface area contributed by atoms with E-state index < -0.39 is 0 Å². The first-order valence-corrected chi connectivity index (χ1v) is 10.1. The monoisotopic (exact) mass is 436 g/mol. The molecule has 1 amide bonds. The number of amides is 1. The van der Waals surface area contributed by atoms with Crippen molar-refractivity contribution in [3.05, 3.63) is 64.4 Å². The molecule has 0 saturated heterocycles. The average molecular weight is 437 g/mol. The van der Waals surface area contributed by atoms with Crippen molar-refractivity contribution < 1.29 is 9.53 Å². The second kappa shape index (κ2) is 9.32. The molecule has 1 aromatic heterocycles. The number of halogens is 2. The van der Waals surface area contributed by atoms with Crippen LogP contribution in [0.1, 0.15) is 18.5 Å². The van der Waals surface area contributed by atoms with E-state index in [1.54, 1.807) is 36.2 Å². The highest BCUT2D eigenvalue weighted by molar-refractivity contribution is 7.99. The Morgan fingerprint density at radius 2 is 2.07 bits per heavy atom. The van der Waals surface area contributed by atoms with Gasteiger partial charge in [0, 0.05) is 10.0 Å². The lowest BCUT2D eigenvalue weighted by atomic mass is 10.1. The van der Waals surface area contributed by atoms with E-state index in [0.29, 0.717) is 21.0 Å². The van der Waals surface area contributed by atoms with Crippen LogP contribution in [-0.4, -0.2) is 33.5 Å². The lowest BCUT2D eigenvalue weighted by molar-refractivity contribution is -0.119. The smallest absolute Gasteiger partial charge is 0.230 e. The summed E-state index contributed by atoms with van der Waals surface area (Å²) in [7, 11) is 1.60. The molecule has 0 fully saturated rings. The minimum Gasteiger partial charge on any atom is -0.495 e. The van der Waals surface area contributed by atoms with Gasteiger partial charge in [-0.15, -0.1) is 10.2 Å². The summed E-state index contributed by atoms with van der Waals surface area (Å²) in [6.07, 6.45) is 1.59. The van der Waals surface area contributed by atoms with Crippen LogP contribution >= 0.6 is 35.0 Å². The first-order chi connectivity index (χ1) is 13.5. The fourth-order valence-corrected chi connectivity index (χ4v) is 3.97. The van der Waals surface area contributed by atoms with Crippen LogP contribution in [0.4, 0.5) is 0 Å². The molecule has 0 spiro atoms. The van der Waals surface area contributed by atoms with Crippen LogP contribution in [0.25, 0.3) is 5.69 Å². The number of ether oxygens (including phenoxy) is 1. The van der Waals surface area contributed by atoms with E-state index in [2.05, 4.69) is 15.5 Å². The van der Waals surface area contributed by atoms with Crippen LogP contribution < -0.4 is 10.1 Å². The Bertz CT molecular complexity index is 980. The highest BCUT2D eigenvalue weighted by atomic mass is 35.5. The Morgan fingerprint density at radius 1 is 1.29 bits per heavy atom. The summed E-state index contributed by atoms with van der Waals surface area (Å²) in [5.41, 5.74) is 1.61. The Hall–Kier alpha value is -2.22. The van der Waals surface area contributed by atoms with Gasteiger partial charge >= 0.3 is 0 Å². The SMILES string of the molecule is COc1ccccc1-n1cnnc1SCC(=O)N[C@H](C)c1ccc(Cl)cc1Cl. The van der Waals surface area contributed by atoms with Crippen molar-refractivity contribution in [3.63, 3.8) is 0 Å². The normalized spacial score (nSPS) is 11.9. The molecule has 2 aromatic carbocycles. The standard InChI is InChI=1S/C19H18Cl2N4O2S/c1-12(14-8-7-13(20)9-15(14)21)23-18(26)10-28-19-24-22-11-25(19)16-5-3-4-6-17(16)27-2/h3-9,11-12H,10H2,1-2H3,(H,23,26)/t12-/m1/s1. The van der Waals surface area contributed by atoms with Crippen molar-refractivity contribution in [1.29, 1.82) is 0 Å². The maximum atomic E-state index is 12.4. The topological polar surface area (TPSA) is 69.0 Å².